The van der Waals surface area contributed by atoms with Crippen molar-refractivity contribution in [2.75, 3.05) is 14.2 Å². The smallest absolute Gasteiger partial charge is 0.257 e. The van der Waals surface area contributed by atoms with Crippen molar-refractivity contribution in [3.05, 3.63) is 51.2 Å². The summed E-state index contributed by atoms with van der Waals surface area (Å²) in [5.74, 6) is 1.31. The Hall–Kier alpha value is -1.79. The number of ether oxygens (including phenoxy) is 2. The van der Waals surface area contributed by atoms with Crippen molar-refractivity contribution in [2.45, 2.75) is 25.4 Å². The van der Waals surface area contributed by atoms with Crippen LogP contribution >= 0.6 is 27.5 Å². The second kappa shape index (κ2) is 7.62. The van der Waals surface area contributed by atoms with Gasteiger partial charge in [-0.3, -0.25) is 4.79 Å². The van der Waals surface area contributed by atoms with Crippen LogP contribution in [0.15, 0.2) is 34.9 Å². The molecule has 25 heavy (non-hydrogen) atoms. The zero-order valence-electron chi connectivity index (χ0n) is 14.0. The molecule has 3 rings (SSSR count). The molecule has 2 aromatic rings. The highest BCUT2D eigenvalue weighted by molar-refractivity contribution is 9.10. The van der Waals surface area contributed by atoms with E-state index in [4.69, 9.17) is 21.1 Å². The molecule has 1 fully saturated rings. The summed E-state index contributed by atoms with van der Waals surface area (Å²) in [5, 5.41) is 0.205. The van der Waals surface area contributed by atoms with Gasteiger partial charge in [0.05, 0.1) is 26.3 Å². The van der Waals surface area contributed by atoms with Crippen molar-refractivity contribution in [2.24, 2.45) is 0 Å². The molecule has 0 spiro atoms. The van der Waals surface area contributed by atoms with E-state index in [-0.39, 0.29) is 17.1 Å². The Morgan fingerprint density at radius 3 is 2.72 bits per heavy atom. The highest BCUT2D eigenvalue weighted by atomic mass is 79.9. The van der Waals surface area contributed by atoms with Gasteiger partial charge in [0, 0.05) is 22.3 Å². The maximum Gasteiger partial charge on any atom is 0.257 e. The first-order valence-electron chi connectivity index (χ1n) is 7.86. The van der Waals surface area contributed by atoms with Crippen LogP contribution in [-0.2, 0) is 6.54 Å². The number of nitrogens with zero attached hydrogens (tertiary/aromatic N) is 2. The van der Waals surface area contributed by atoms with Gasteiger partial charge in [0.15, 0.2) is 0 Å². The fourth-order valence-corrected chi connectivity index (χ4v) is 3.18. The molecule has 1 heterocycles. The molecule has 0 bridgehead atoms. The second-order valence-electron chi connectivity index (χ2n) is 5.83. The van der Waals surface area contributed by atoms with Gasteiger partial charge in [-0.25, -0.2) is 4.98 Å². The summed E-state index contributed by atoms with van der Waals surface area (Å²) in [6.45, 7) is 0.423. The quantitative estimate of drug-likeness (QED) is 0.647. The lowest BCUT2D eigenvalue weighted by Gasteiger charge is -2.24. The Kier molecular flexibility index (Phi) is 5.49. The van der Waals surface area contributed by atoms with Crippen molar-refractivity contribution in [1.29, 1.82) is 0 Å². The topological polar surface area (TPSA) is 51.7 Å². The number of hydrogen-bond donors (Lipinski definition) is 0. The molecule has 0 radical (unpaired) electrons. The average molecular weight is 426 g/mol. The number of methoxy groups -OCH3 is 2. The molecule has 0 atom stereocenters. The van der Waals surface area contributed by atoms with Gasteiger partial charge in [-0.1, -0.05) is 11.6 Å². The molecular formula is C18H18BrClN2O3. The number of halogens is 2. The van der Waals surface area contributed by atoms with Crippen molar-refractivity contribution in [1.82, 2.24) is 9.88 Å². The van der Waals surface area contributed by atoms with E-state index in [9.17, 15) is 4.79 Å². The summed E-state index contributed by atoms with van der Waals surface area (Å²) in [6, 6.07) is 7.48. The predicted octanol–water partition coefficient (Wildman–Crippen LogP) is 4.32. The number of carbonyl (C=O) groups excluding carboxylic acids is 1. The fourth-order valence-electron chi connectivity index (χ4n) is 2.67. The lowest BCUT2D eigenvalue weighted by molar-refractivity contribution is 0.0728. The fraction of sp³-hybridized carbons (Fsp3) is 0.333. The first-order valence-corrected chi connectivity index (χ1v) is 9.03. The van der Waals surface area contributed by atoms with Crippen molar-refractivity contribution in [3.8, 4) is 11.5 Å². The average Bonchev–Trinajstić information content (AvgIpc) is 3.45. The van der Waals surface area contributed by atoms with Gasteiger partial charge in [0.25, 0.3) is 5.91 Å². The maximum absolute atomic E-state index is 13.1. The third kappa shape index (κ3) is 4.07. The summed E-state index contributed by atoms with van der Waals surface area (Å²) < 4.78 is 11.4. The largest absolute Gasteiger partial charge is 0.497 e. The second-order valence-corrected chi connectivity index (χ2v) is 7.11. The lowest BCUT2D eigenvalue weighted by atomic mass is 10.1. The first-order chi connectivity index (χ1) is 12.0. The standard InChI is InChI=1S/C18H18BrClN2O3/c1-24-14-5-6-16(25-2)11(7-14)10-22(13-3-4-13)18(23)15-8-12(19)9-21-17(15)20/h5-9,13H,3-4,10H2,1-2H3. The van der Waals surface area contributed by atoms with Crippen LogP contribution in [0.3, 0.4) is 0 Å². The summed E-state index contributed by atoms with van der Waals surface area (Å²) in [4.78, 5) is 18.9. The zero-order valence-corrected chi connectivity index (χ0v) is 16.3. The summed E-state index contributed by atoms with van der Waals surface area (Å²) in [5.41, 5.74) is 1.28. The van der Waals surface area contributed by atoms with E-state index in [0.717, 1.165) is 34.4 Å². The normalized spacial score (nSPS) is 13.4. The van der Waals surface area contributed by atoms with Crippen LogP contribution in [0.5, 0.6) is 11.5 Å². The summed E-state index contributed by atoms with van der Waals surface area (Å²) in [6.07, 6.45) is 3.54. The molecule has 5 nitrogen and oxygen atoms in total. The molecule has 0 N–H and O–H groups in total. The lowest BCUT2D eigenvalue weighted by Crippen LogP contribution is -2.33. The van der Waals surface area contributed by atoms with Crippen molar-refractivity contribution < 1.29 is 14.3 Å². The van der Waals surface area contributed by atoms with Gasteiger partial charge in [-0.15, -0.1) is 0 Å². The van der Waals surface area contributed by atoms with Crippen LogP contribution in [0.25, 0.3) is 0 Å². The summed E-state index contributed by atoms with van der Waals surface area (Å²) in [7, 11) is 3.23. The van der Waals surface area contributed by atoms with E-state index in [0.29, 0.717) is 12.1 Å². The Morgan fingerprint density at radius 1 is 1.32 bits per heavy atom. The zero-order chi connectivity index (χ0) is 18.0. The highest BCUT2D eigenvalue weighted by Gasteiger charge is 2.34. The molecule has 0 unspecified atom stereocenters. The van der Waals surface area contributed by atoms with Crippen LogP contribution in [0.2, 0.25) is 5.15 Å². The third-order valence-electron chi connectivity index (χ3n) is 4.11. The number of amides is 1. The molecular weight excluding hydrogens is 408 g/mol. The molecule has 1 aromatic carbocycles. The van der Waals surface area contributed by atoms with Crippen LogP contribution < -0.4 is 9.47 Å². The Labute approximate surface area is 160 Å². The van der Waals surface area contributed by atoms with Crippen LogP contribution in [0.4, 0.5) is 0 Å². The number of carbonyl (C=O) groups is 1. The van der Waals surface area contributed by atoms with Gasteiger partial charge in [-0.05, 0) is 53.0 Å². The predicted molar refractivity (Wildman–Crippen MR) is 99.4 cm³/mol. The molecule has 1 amide bonds. The molecule has 7 heteroatoms. The van der Waals surface area contributed by atoms with Gasteiger partial charge in [-0.2, -0.15) is 0 Å². The first kappa shape index (κ1) is 18.0. The van der Waals surface area contributed by atoms with E-state index in [1.807, 2.05) is 23.1 Å². The van der Waals surface area contributed by atoms with Gasteiger partial charge >= 0.3 is 0 Å². The van der Waals surface area contributed by atoms with Crippen LogP contribution in [0.1, 0.15) is 28.8 Å². The van der Waals surface area contributed by atoms with Crippen molar-refractivity contribution in [3.63, 3.8) is 0 Å². The SMILES string of the molecule is COc1ccc(OC)c(CN(C(=O)c2cc(Br)cnc2Cl)C2CC2)c1. The molecule has 132 valence electrons. The Balaban J connectivity index is 1.92. The number of rotatable bonds is 6. The highest BCUT2D eigenvalue weighted by Crippen LogP contribution is 2.34. The number of aromatic nitrogens is 1. The van der Waals surface area contributed by atoms with Crippen LogP contribution in [-0.4, -0.2) is 36.1 Å². The van der Waals surface area contributed by atoms with Crippen LogP contribution in [0, 0.1) is 0 Å². The van der Waals surface area contributed by atoms with E-state index >= 15 is 0 Å². The monoisotopic (exact) mass is 424 g/mol. The van der Waals surface area contributed by atoms with E-state index in [1.54, 1.807) is 26.5 Å². The van der Waals surface area contributed by atoms with Gasteiger partial charge < -0.3 is 14.4 Å². The molecule has 1 saturated carbocycles. The summed E-state index contributed by atoms with van der Waals surface area (Å²) >= 11 is 9.49. The maximum atomic E-state index is 13.1. The van der Waals surface area contributed by atoms with E-state index < -0.39 is 0 Å². The number of pyridine rings is 1. The minimum atomic E-state index is -0.133. The molecule has 0 aliphatic heterocycles. The van der Waals surface area contributed by atoms with Gasteiger partial charge in [0.2, 0.25) is 0 Å². The molecule has 0 saturated heterocycles. The number of benzene rings is 1. The van der Waals surface area contributed by atoms with Gasteiger partial charge in [0.1, 0.15) is 16.7 Å². The van der Waals surface area contributed by atoms with Crippen molar-refractivity contribution >= 4 is 33.4 Å². The third-order valence-corrected chi connectivity index (χ3v) is 4.85. The minimum absolute atomic E-state index is 0.133. The van der Waals surface area contributed by atoms with E-state index in [1.165, 1.54) is 0 Å². The minimum Gasteiger partial charge on any atom is -0.497 e. The Morgan fingerprint density at radius 2 is 2.08 bits per heavy atom. The molecule has 1 aliphatic rings. The van der Waals surface area contributed by atoms with E-state index in [2.05, 4.69) is 20.9 Å². The molecule has 1 aliphatic carbocycles. The molecule has 1 aromatic heterocycles. The number of hydrogen-bond acceptors (Lipinski definition) is 4. The Bertz CT molecular complexity index is 796.